The third-order valence-corrected chi connectivity index (χ3v) is 3.17. The molecular weight excluding hydrogens is 312 g/mol. The molecule has 19 heavy (non-hydrogen) atoms. The molecule has 0 bridgehead atoms. The lowest BCUT2D eigenvalue weighted by Crippen LogP contribution is -1.99. The Balaban J connectivity index is 2.81. The van der Waals surface area contributed by atoms with Gasteiger partial charge in [0.2, 0.25) is 0 Å². The summed E-state index contributed by atoms with van der Waals surface area (Å²) in [6.07, 6.45) is 3.77. The first kappa shape index (κ1) is 15.6. The molecule has 0 aliphatic rings. The summed E-state index contributed by atoms with van der Waals surface area (Å²) in [4.78, 5) is 11.2. The molecule has 1 rings (SSSR count). The monoisotopic (exact) mass is 328 g/mol. The third kappa shape index (κ3) is 4.59. The van der Waals surface area contributed by atoms with E-state index in [0.29, 0.717) is 24.5 Å². The molecule has 0 saturated heterocycles. The molecule has 0 aromatic heterocycles. The molecule has 0 amide bonds. The number of hydrogen-bond donors (Lipinski definition) is 0. The van der Waals surface area contributed by atoms with E-state index in [9.17, 15) is 4.79 Å². The maximum Gasteiger partial charge on any atom is 0.330 e. The second-order valence-corrected chi connectivity index (χ2v) is 4.51. The van der Waals surface area contributed by atoms with Gasteiger partial charge in [0.15, 0.2) is 11.5 Å². The van der Waals surface area contributed by atoms with E-state index in [1.54, 1.807) is 27.2 Å². The lowest BCUT2D eigenvalue weighted by Gasteiger charge is -2.10. The van der Waals surface area contributed by atoms with Crippen molar-refractivity contribution in [2.24, 2.45) is 0 Å². The highest BCUT2D eigenvalue weighted by molar-refractivity contribution is 9.10. The first-order valence-corrected chi connectivity index (χ1v) is 6.65. The number of carbonyl (C=O) groups is 1. The molecule has 0 unspecified atom stereocenters. The van der Waals surface area contributed by atoms with Crippen molar-refractivity contribution in [3.63, 3.8) is 0 Å². The number of carbonyl (C=O) groups excluding carboxylic acids is 1. The van der Waals surface area contributed by atoms with Crippen LogP contribution < -0.4 is 9.47 Å². The zero-order valence-electron chi connectivity index (χ0n) is 11.2. The highest BCUT2D eigenvalue weighted by atomic mass is 79.9. The zero-order chi connectivity index (χ0) is 14.3. The second-order valence-electron chi connectivity index (χ2n) is 3.66. The van der Waals surface area contributed by atoms with Crippen LogP contribution in [0.25, 0.3) is 0 Å². The Kier molecular flexibility index (Phi) is 6.42. The number of allylic oxidation sites excluding steroid dienone is 1. The number of hydrogen-bond acceptors (Lipinski definition) is 4. The van der Waals surface area contributed by atoms with Gasteiger partial charge in [-0.15, -0.1) is 0 Å². The smallest absolute Gasteiger partial charge is 0.330 e. The molecule has 0 heterocycles. The highest BCUT2D eigenvalue weighted by Gasteiger charge is 2.08. The van der Waals surface area contributed by atoms with Crippen molar-refractivity contribution in [2.45, 2.75) is 13.3 Å². The van der Waals surface area contributed by atoms with Gasteiger partial charge in [-0.1, -0.05) is 22.0 Å². The molecule has 4 nitrogen and oxygen atoms in total. The predicted molar refractivity (Wildman–Crippen MR) is 76.7 cm³/mol. The van der Waals surface area contributed by atoms with Gasteiger partial charge < -0.3 is 14.2 Å². The Labute approximate surface area is 121 Å². The van der Waals surface area contributed by atoms with Crippen molar-refractivity contribution in [2.75, 3.05) is 20.8 Å². The number of benzene rings is 1. The van der Waals surface area contributed by atoms with Gasteiger partial charge in [0.05, 0.1) is 20.8 Å². The van der Waals surface area contributed by atoms with Gasteiger partial charge in [-0.05, 0) is 31.0 Å². The lowest BCUT2D eigenvalue weighted by atomic mass is 10.1. The topological polar surface area (TPSA) is 44.8 Å². The van der Waals surface area contributed by atoms with Crippen molar-refractivity contribution in [3.05, 3.63) is 34.3 Å². The molecule has 0 aliphatic carbocycles. The van der Waals surface area contributed by atoms with Gasteiger partial charge in [0.1, 0.15) is 0 Å². The standard InChI is InChI=1S/C14H17BrO4/c1-4-19-14(16)7-5-6-10-8-12(17-2)13(18-3)9-11(10)15/h5,7-9H,4,6H2,1-3H3. The van der Waals surface area contributed by atoms with Crippen LogP contribution >= 0.6 is 15.9 Å². The Morgan fingerprint density at radius 2 is 1.89 bits per heavy atom. The van der Waals surface area contributed by atoms with Gasteiger partial charge in [-0.2, -0.15) is 0 Å². The Morgan fingerprint density at radius 3 is 2.47 bits per heavy atom. The zero-order valence-corrected chi connectivity index (χ0v) is 12.8. The van der Waals surface area contributed by atoms with E-state index in [1.807, 2.05) is 12.1 Å². The van der Waals surface area contributed by atoms with E-state index in [2.05, 4.69) is 15.9 Å². The fraction of sp³-hybridized carbons (Fsp3) is 0.357. The van der Waals surface area contributed by atoms with Crippen molar-refractivity contribution < 1.29 is 19.0 Å². The van der Waals surface area contributed by atoms with Gasteiger partial charge in [-0.25, -0.2) is 4.79 Å². The first-order valence-electron chi connectivity index (χ1n) is 5.86. The van der Waals surface area contributed by atoms with E-state index >= 15 is 0 Å². The van der Waals surface area contributed by atoms with Crippen LogP contribution in [0, 0.1) is 0 Å². The van der Waals surface area contributed by atoms with Crippen LogP contribution in [0.3, 0.4) is 0 Å². The summed E-state index contributed by atoms with van der Waals surface area (Å²) in [6, 6.07) is 3.71. The molecule has 1 aromatic rings. The SMILES string of the molecule is CCOC(=O)C=CCc1cc(OC)c(OC)cc1Br. The summed E-state index contributed by atoms with van der Waals surface area (Å²) in [5, 5.41) is 0. The van der Waals surface area contributed by atoms with Gasteiger partial charge in [0.25, 0.3) is 0 Å². The fourth-order valence-corrected chi connectivity index (χ4v) is 2.01. The van der Waals surface area contributed by atoms with Crippen LogP contribution in [0.2, 0.25) is 0 Å². The predicted octanol–water partition coefficient (Wildman–Crippen LogP) is 3.13. The van der Waals surface area contributed by atoms with Crippen LogP contribution in [0.15, 0.2) is 28.8 Å². The largest absolute Gasteiger partial charge is 0.493 e. The maximum absolute atomic E-state index is 11.2. The van der Waals surface area contributed by atoms with Crippen LogP contribution in [-0.4, -0.2) is 26.8 Å². The minimum Gasteiger partial charge on any atom is -0.493 e. The molecule has 0 radical (unpaired) electrons. The average molecular weight is 329 g/mol. The molecule has 0 saturated carbocycles. The number of methoxy groups -OCH3 is 2. The van der Waals surface area contributed by atoms with Crippen LogP contribution in [0.1, 0.15) is 12.5 Å². The Bertz CT molecular complexity index is 469. The molecule has 5 heteroatoms. The van der Waals surface area contributed by atoms with Crippen LogP contribution in [0.4, 0.5) is 0 Å². The van der Waals surface area contributed by atoms with E-state index in [-0.39, 0.29) is 5.97 Å². The fourth-order valence-electron chi connectivity index (χ4n) is 1.53. The summed E-state index contributed by atoms with van der Waals surface area (Å²) < 4.78 is 16.1. The van der Waals surface area contributed by atoms with Crippen LogP contribution in [0.5, 0.6) is 11.5 Å². The third-order valence-electron chi connectivity index (χ3n) is 2.43. The molecule has 0 N–H and O–H groups in total. The minimum absolute atomic E-state index is 0.334. The summed E-state index contributed by atoms with van der Waals surface area (Å²) in [6.45, 7) is 2.15. The number of esters is 1. The molecule has 0 aliphatic heterocycles. The molecular formula is C14H17BrO4. The minimum atomic E-state index is -0.334. The van der Waals surface area contributed by atoms with E-state index in [4.69, 9.17) is 14.2 Å². The van der Waals surface area contributed by atoms with Crippen molar-refractivity contribution in [3.8, 4) is 11.5 Å². The molecule has 0 spiro atoms. The van der Waals surface area contributed by atoms with Crippen molar-refractivity contribution >= 4 is 21.9 Å². The van der Waals surface area contributed by atoms with Crippen LogP contribution in [-0.2, 0) is 16.0 Å². The molecule has 1 aromatic carbocycles. The summed E-state index contributed by atoms with van der Waals surface area (Å²) in [5.41, 5.74) is 0.998. The van der Waals surface area contributed by atoms with E-state index < -0.39 is 0 Å². The quantitative estimate of drug-likeness (QED) is 0.594. The second kappa shape index (κ2) is 7.84. The average Bonchev–Trinajstić information content (AvgIpc) is 2.40. The number of rotatable bonds is 6. The summed E-state index contributed by atoms with van der Waals surface area (Å²) in [5.74, 6) is 0.983. The normalized spacial score (nSPS) is 10.5. The van der Waals surface area contributed by atoms with Crippen molar-refractivity contribution in [1.82, 2.24) is 0 Å². The van der Waals surface area contributed by atoms with Crippen molar-refractivity contribution in [1.29, 1.82) is 0 Å². The number of ether oxygens (including phenoxy) is 3. The summed E-state index contributed by atoms with van der Waals surface area (Å²) >= 11 is 3.46. The van der Waals surface area contributed by atoms with E-state index in [0.717, 1.165) is 10.0 Å². The van der Waals surface area contributed by atoms with Gasteiger partial charge in [-0.3, -0.25) is 0 Å². The highest BCUT2D eigenvalue weighted by Crippen LogP contribution is 2.33. The molecule has 0 atom stereocenters. The lowest BCUT2D eigenvalue weighted by molar-refractivity contribution is -0.137. The first-order chi connectivity index (χ1) is 9.12. The maximum atomic E-state index is 11.2. The van der Waals surface area contributed by atoms with Gasteiger partial charge >= 0.3 is 5.97 Å². The molecule has 104 valence electrons. The van der Waals surface area contributed by atoms with E-state index in [1.165, 1.54) is 6.08 Å². The Hall–Kier alpha value is -1.49. The number of halogens is 1. The molecule has 0 fully saturated rings. The summed E-state index contributed by atoms with van der Waals surface area (Å²) in [7, 11) is 3.18. The Morgan fingerprint density at radius 1 is 1.26 bits per heavy atom. The van der Waals surface area contributed by atoms with Gasteiger partial charge in [0, 0.05) is 10.5 Å².